The molecule has 0 unspecified atom stereocenters. The van der Waals surface area contributed by atoms with Gasteiger partial charge in [-0.3, -0.25) is 9.69 Å². The molecule has 2 heterocycles. The van der Waals surface area contributed by atoms with E-state index in [4.69, 9.17) is 9.16 Å². The van der Waals surface area contributed by atoms with Crippen molar-refractivity contribution in [3.63, 3.8) is 0 Å². The van der Waals surface area contributed by atoms with E-state index in [1.54, 1.807) is 0 Å². The van der Waals surface area contributed by atoms with E-state index >= 15 is 0 Å². The van der Waals surface area contributed by atoms with Crippen LogP contribution in [-0.2, 0) is 14.0 Å². The smallest absolute Gasteiger partial charge is 0.312 e. The zero-order chi connectivity index (χ0) is 16.0. The Hall–Kier alpha value is -0.393. The van der Waals surface area contributed by atoms with E-state index < -0.39 is 8.32 Å². The van der Waals surface area contributed by atoms with Gasteiger partial charge in [0, 0.05) is 12.1 Å². The molecule has 2 aliphatic heterocycles. The number of fused-ring (bicyclic) bond motifs is 2. The quantitative estimate of drug-likeness (QED) is 0.593. The molecule has 2 bridgehead atoms. The maximum absolute atomic E-state index is 12.3. The maximum Gasteiger partial charge on any atom is 0.312 e. The van der Waals surface area contributed by atoms with Crippen LogP contribution in [0.1, 0.15) is 40.0 Å². The molecule has 0 aromatic heterocycles. The number of hydrogen-bond acceptors (Lipinski definition) is 4. The number of esters is 1. The van der Waals surface area contributed by atoms with Gasteiger partial charge in [-0.05, 0) is 44.4 Å². The van der Waals surface area contributed by atoms with E-state index in [-0.39, 0.29) is 29.1 Å². The van der Waals surface area contributed by atoms with Crippen LogP contribution in [0.4, 0.5) is 0 Å². The first-order chi connectivity index (χ1) is 9.58. The van der Waals surface area contributed by atoms with Gasteiger partial charge >= 0.3 is 5.97 Å². The van der Waals surface area contributed by atoms with Crippen LogP contribution in [-0.4, -0.2) is 51.5 Å². The Labute approximate surface area is 130 Å². The fraction of sp³-hybridized carbons (Fsp3) is 0.938. The summed E-state index contributed by atoms with van der Waals surface area (Å²) in [7, 11) is 1.76. The topological polar surface area (TPSA) is 38.8 Å². The molecule has 5 heteroatoms. The van der Waals surface area contributed by atoms with Crippen molar-refractivity contribution in [2.75, 3.05) is 14.2 Å². The molecule has 2 aliphatic rings. The largest absolute Gasteiger partial charge is 0.469 e. The Morgan fingerprint density at radius 2 is 1.86 bits per heavy atom. The first kappa shape index (κ1) is 17.0. The molecule has 2 fully saturated rings. The van der Waals surface area contributed by atoms with Crippen LogP contribution in [0.25, 0.3) is 0 Å². The Morgan fingerprint density at radius 3 is 2.38 bits per heavy atom. The summed E-state index contributed by atoms with van der Waals surface area (Å²) >= 11 is 0. The second kappa shape index (κ2) is 5.67. The molecule has 122 valence electrons. The molecule has 4 nitrogen and oxygen atoms in total. The van der Waals surface area contributed by atoms with Crippen molar-refractivity contribution in [2.45, 2.75) is 76.4 Å². The average Bonchev–Trinajstić information content (AvgIpc) is 2.60. The number of methoxy groups -OCH3 is 1. The average molecular weight is 314 g/mol. The van der Waals surface area contributed by atoms with Gasteiger partial charge in [0.1, 0.15) is 0 Å². The van der Waals surface area contributed by atoms with E-state index in [0.717, 1.165) is 12.8 Å². The van der Waals surface area contributed by atoms with Crippen molar-refractivity contribution in [1.82, 2.24) is 4.90 Å². The van der Waals surface area contributed by atoms with Crippen molar-refractivity contribution in [1.29, 1.82) is 0 Å². The zero-order valence-corrected chi connectivity index (χ0v) is 15.6. The van der Waals surface area contributed by atoms with E-state index in [2.05, 4.69) is 45.8 Å². The lowest BCUT2D eigenvalue weighted by Gasteiger charge is -2.46. The lowest BCUT2D eigenvalue weighted by molar-refractivity contribution is -0.155. The molecule has 4 atom stereocenters. The third kappa shape index (κ3) is 3.05. The van der Waals surface area contributed by atoms with E-state index in [9.17, 15) is 4.79 Å². The van der Waals surface area contributed by atoms with Crippen molar-refractivity contribution in [3.8, 4) is 0 Å². The fourth-order valence-electron chi connectivity index (χ4n) is 3.54. The van der Waals surface area contributed by atoms with Crippen LogP contribution in [0, 0.1) is 5.92 Å². The van der Waals surface area contributed by atoms with Gasteiger partial charge in [0.2, 0.25) is 0 Å². The second-order valence-electron chi connectivity index (χ2n) is 8.17. The number of nitrogens with zero attached hydrogens (tertiary/aromatic N) is 1. The summed E-state index contributed by atoms with van der Waals surface area (Å²) in [4.78, 5) is 14.7. The van der Waals surface area contributed by atoms with Gasteiger partial charge in [0.25, 0.3) is 0 Å². The van der Waals surface area contributed by atoms with Gasteiger partial charge < -0.3 is 9.16 Å². The summed E-state index contributed by atoms with van der Waals surface area (Å²) in [5.41, 5.74) is 0. The number of ether oxygens (including phenoxy) is 1. The summed E-state index contributed by atoms with van der Waals surface area (Å²) in [6.45, 7) is 11.3. The SMILES string of the molecule is COC(=O)[C@H]1[C@@H](O[Si](C)(C)C(C)(C)C)C[C@@H]2CC[C@H]1N2C. The number of carbonyl (C=O) groups is 1. The highest BCUT2D eigenvalue weighted by Crippen LogP contribution is 2.44. The van der Waals surface area contributed by atoms with Gasteiger partial charge in [0.15, 0.2) is 8.32 Å². The lowest BCUT2D eigenvalue weighted by Crippen LogP contribution is -2.56. The third-order valence-electron chi connectivity index (χ3n) is 5.94. The highest BCUT2D eigenvalue weighted by atomic mass is 28.4. The molecule has 21 heavy (non-hydrogen) atoms. The van der Waals surface area contributed by atoms with Gasteiger partial charge in [-0.25, -0.2) is 0 Å². The number of rotatable bonds is 3. The van der Waals surface area contributed by atoms with Crippen LogP contribution in [0.5, 0.6) is 0 Å². The minimum Gasteiger partial charge on any atom is -0.469 e. The van der Waals surface area contributed by atoms with Crippen molar-refractivity contribution < 1.29 is 14.0 Å². The number of piperidine rings is 1. The van der Waals surface area contributed by atoms with Crippen LogP contribution < -0.4 is 0 Å². The van der Waals surface area contributed by atoms with Crippen LogP contribution in [0.2, 0.25) is 18.1 Å². The second-order valence-corrected chi connectivity index (χ2v) is 12.9. The normalized spacial score (nSPS) is 34.0. The third-order valence-corrected chi connectivity index (χ3v) is 10.4. The molecule has 0 aliphatic carbocycles. The molecule has 0 aromatic rings. The summed E-state index contributed by atoms with van der Waals surface area (Å²) in [5.74, 6) is -0.233. The predicted octanol–water partition coefficient (Wildman–Crippen LogP) is 3.03. The molecule has 0 amide bonds. The van der Waals surface area contributed by atoms with Gasteiger partial charge in [-0.2, -0.15) is 0 Å². The summed E-state index contributed by atoms with van der Waals surface area (Å²) in [6, 6.07) is 0.844. The molecule has 0 spiro atoms. The molecule has 0 N–H and O–H groups in total. The van der Waals surface area contributed by atoms with E-state index in [0.29, 0.717) is 6.04 Å². The highest BCUT2D eigenvalue weighted by molar-refractivity contribution is 6.74. The Kier molecular flexibility index (Phi) is 4.58. The van der Waals surface area contributed by atoms with Crippen LogP contribution >= 0.6 is 0 Å². The van der Waals surface area contributed by atoms with Gasteiger partial charge in [-0.1, -0.05) is 20.8 Å². The maximum atomic E-state index is 12.3. The number of hydrogen-bond donors (Lipinski definition) is 0. The molecule has 2 rings (SSSR count). The molecular formula is C16H31NO3Si. The minimum atomic E-state index is -1.87. The fourth-order valence-corrected chi connectivity index (χ4v) is 4.90. The highest BCUT2D eigenvalue weighted by Gasteiger charge is 2.52. The van der Waals surface area contributed by atoms with Crippen LogP contribution in [0.3, 0.4) is 0 Å². The predicted molar refractivity (Wildman–Crippen MR) is 86.8 cm³/mol. The molecule has 0 radical (unpaired) electrons. The summed E-state index contributed by atoms with van der Waals surface area (Å²) in [5, 5.41) is 0.163. The van der Waals surface area contributed by atoms with Gasteiger partial charge in [-0.15, -0.1) is 0 Å². The monoisotopic (exact) mass is 313 g/mol. The Morgan fingerprint density at radius 1 is 1.24 bits per heavy atom. The number of carbonyl (C=O) groups excluding carboxylic acids is 1. The van der Waals surface area contributed by atoms with Crippen molar-refractivity contribution in [2.24, 2.45) is 5.92 Å². The molecule has 0 aromatic carbocycles. The van der Waals surface area contributed by atoms with Crippen LogP contribution in [0.15, 0.2) is 0 Å². The van der Waals surface area contributed by atoms with Crippen molar-refractivity contribution >= 4 is 14.3 Å². The van der Waals surface area contributed by atoms with Crippen molar-refractivity contribution in [3.05, 3.63) is 0 Å². The zero-order valence-electron chi connectivity index (χ0n) is 14.6. The molecule has 2 saturated heterocycles. The summed E-state index contributed by atoms with van der Waals surface area (Å²) in [6.07, 6.45) is 3.23. The molecular weight excluding hydrogens is 282 g/mol. The first-order valence-electron chi connectivity index (χ1n) is 8.06. The lowest BCUT2D eigenvalue weighted by atomic mass is 9.88. The summed E-state index contributed by atoms with van der Waals surface area (Å²) < 4.78 is 11.7. The minimum absolute atomic E-state index is 0.0204. The first-order valence-corrected chi connectivity index (χ1v) is 11.0. The Bertz CT molecular complexity index is 405. The van der Waals surface area contributed by atoms with E-state index in [1.807, 2.05) is 0 Å². The molecule has 0 saturated carbocycles. The van der Waals surface area contributed by atoms with E-state index in [1.165, 1.54) is 13.5 Å². The standard InChI is InChI=1S/C16H31NO3Si/c1-16(2,3)21(6,7)20-13-10-11-8-9-12(17(11)4)14(13)15(18)19-5/h11-14H,8-10H2,1-7H3/t11-,12+,13-,14+/m0/s1. The van der Waals surface area contributed by atoms with Gasteiger partial charge in [0.05, 0.1) is 19.1 Å². The Balaban J connectivity index is 2.23.